The minimum atomic E-state index is -0.219. The van der Waals surface area contributed by atoms with Crippen molar-refractivity contribution < 1.29 is 4.39 Å². The van der Waals surface area contributed by atoms with E-state index < -0.39 is 0 Å². The summed E-state index contributed by atoms with van der Waals surface area (Å²) in [6, 6.07) is 12.9. The molecule has 3 nitrogen and oxygen atoms in total. The summed E-state index contributed by atoms with van der Waals surface area (Å²) in [5.41, 5.74) is 3.02. The first-order valence-electron chi connectivity index (χ1n) is 6.24. The second kappa shape index (κ2) is 5.40. The molecule has 0 spiro atoms. The zero-order chi connectivity index (χ0) is 14.1. The molecular formula is C15H13FIN3. The molecule has 3 aromatic rings. The Morgan fingerprint density at radius 2 is 2.05 bits per heavy atom. The van der Waals surface area contributed by atoms with Crippen molar-refractivity contribution in [3.63, 3.8) is 0 Å². The normalized spacial score (nSPS) is 10.9. The monoisotopic (exact) mass is 381 g/mol. The summed E-state index contributed by atoms with van der Waals surface area (Å²) in [6.45, 7) is 0.614. The number of para-hydroxylation sites is 1. The molecule has 2 aromatic carbocycles. The lowest BCUT2D eigenvalue weighted by Crippen LogP contribution is -2.03. The molecule has 1 N–H and O–H groups in total. The molecule has 0 radical (unpaired) electrons. The third kappa shape index (κ3) is 2.49. The number of halogens is 2. The topological polar surface area (TPSA) is 29.9 Å². The van der Waals surface area contributed by atoms with E-state index in [2.05, 4.69) is 39.1 Å². The third-order valence-electron chi connectivity index (χ3n) is 3.21. The van der Waals surface area contributed by atoms with Crippen LogP contribution in [0, 0.1) is 9.39 Å². The Morgan fingerprint density at radius 3 is 2.85 bits per heavy atom. The lowest BCUT2D eigenvalue weighted by atomic mass is 10.2. The molecule has 20 heavy (non-hydrogen) atoms. The molecule has 0 aliphatic carbocycles. The smallest absolute Gasteiger partial charge is 0.124 e. The molecule has 0 bridgehead atoms. The Hall–Kier alpha value is -1.63. The molecule has 0 unspecified atom stereocenters. The first-order valence-corrected chi connectivity index (χ1v) is 7.32. The van der Waals surface area contributed by atoms with Crippen molar-refractivity contribution >= 4 is 39.2 Å². The number of fused-ring (bicyclic) bond motifs is 1. The lowest BCUT2D eigenvalue weighted by Gasteiger charge is -2.07. The molecule has 0 amide bonds. The van der Waals surface area contributed by atoms with Gasteiger partial charge < -0.3 is 5.32 Å². The number of anilines is 1. The number of hydrogen-bond acceptors (Lipinski definition) is 2. The van der Waals surface area contributed by atoms with Gasteiger partial charge in [0.1, 0.15) is 5.82 Å². The fourth-order valence-electron chi connectivity index (χ4n) is 2.23. The van der Waals surface area contributed by atoms with Crippen LogP contribution in [0.25, 0.3) is 10.9 Å². The Balaban J connectivity index is 1.87. The van der Waals surface area contributed by atoms with Crippen LogP contribution < -0.4 is 5.32 Å². The van der Waals surface area contributed by atoms with Gasteiger partial charge in [0.15, 0.2) is 0 Å². The molecule has 0 aliphatic rings. The van der Waals surface area contributed by atoms with Crippen molar-refractivity contribution in [3.05, 3.63) is 57.5 Å². The van der Waals surface area contributed by atoms with Crippen LogP contribution in [0.15, 0.2) is 42.5 Å². The number of benzene rings is 2. The Morgan fingerprint density at radius 1 is 1.25 bits per heavy atom. The van der Waals surface area contributed by atoms with E-state index in [1.165, 1.54) is 12.1 Å². The summed E-state index contributed by atoms with van der Waals surface area (Å²) in [5.74, 6) is -0.219. The molecule has 3 rings (SSSR count). The zero-order valence-electron chi connectivity index (χ0n) is 10.9. The summed E-state index contributed by atoms with van der Waals surface area (Å²) in [5, 5.41) is 8.98. The second-order valence-electron chi connectivity index (χ2n) is 4.57. The summed E-state index contributed by atoms with van der Waals surface area (Å²) < 4.78 is 15.8. The van der Waals surface area contributed by atoms with Crippen molar-refractivity contribution in [2.24, 2.45) is 7.05 Å². The number of nitrogens with one attached hydrogen (secondary N) is 1. The summed E-state index contributed by atoms with van der Waals surface area (Å²) in [6.07, 6.45) is 0. The average Bonchev–Trinajstić information content (AvgIpc) is 2.75. The van der Waals surface area contributed by atoms with Gasteiger partial charge in [0, 0.05) is 21.7 Å². The van der Waals surface area contributed by atoms with Gasteiger partial charge in [0.05, 0.1) is 17.8 Å². The van der Waals surface area contributed by atoms with E-state index in [0.717, 1.165) is 25.9 Å². The molecule has 0 aliphatic heterocycles. The Bertz CT molecular complexity index is 767. The van der Waals surface area contributed by atoms with Crippen molar-refractivity contribution in [1.82, 2.24) is 9.78 Å². The highest BCUT2D eigenvalue weighted by Crippen LogP contribution is 2.22. The van der Waals surface area contributed by atoms with Crippen LogP contribution >= 0.6 is 22.6 Å². The lowest BCUT2D eigenvalue weighted by molar-refractivity contribution is 0.627. The minimum Gasteiger partial charge on any atom is -0.378 e. The Labute approximate surface area is 129 Å². The van der Waals surface area contributed by atoms with Crippen molar-refractivity contribution in [2.45, 2.75) is 6.54 Å². The highest BCUT2D eigenvalue weighted by Gasteiger charge is 2.08. The SMILES string of the molecule is Cn1nc(CNc2ccc(F)cc2I)c2ccccc21. The van der Waals surface area contributed by atoms with Gasteiger partial charge in [-0.3, -0.25) is 4.68 Å². The third-order valence-corrected chi connectivity index (χ3v) is 4.10. The summed E-state index contributed by atoms with van der Waals surface area (Å²) >= 11 is 2.12. The van der Waals surface area contributed by atoms with Crippen LogP contribution in [0.3, 0.4) is 0 Å². The molecule has 1 heterocycles. The first kappa shape index (κ1) is 13.4. The van der Waals surface area contributed by atoms with Crippen LogP contribution in [-0.4, -0.2) is 9.78 Å². The first-order chi connectivity index (χ1) is 9.65. The van der Waals surface area contributed by atoms with Crippen LogP contribution in [-0.2, 0) is 13.6 Å². The fraction of sp³-hybridized carbons (Fsp3) is 0.133. The van der Waals surface area contributed by atoms with Gasteiger partial charge in [-0.05, 0) is 46.9 Å². The molecule has 102 valence electrons. The van der Waals surface area contributed by atoms with Gasteiger partial charge in [-0.25, -0.2) is 4.39 Å². The molecule has 5 heteroatoms. The number of aryl methyl sites for hydroxylation is 1. The maximum Gasteiger partial charge on any atom is 0.124 e. The molecule has 0 fully saturated rings. The molecular weight excluding hydrogens is 368 g/mol. The number of nitrogens with zero attached hydrogens (tertiary/aromatic N) is 2. The average molecular weight is 381 g/mol. The quantitative estimate of drug-likeness (QED) is 0.697. The van der Waals surface area contributed by atoms with Gasteiger partial charge in [-0.15, -0.1) is 0 Å². The van der Waals surface area contributed by atoms with Gasteiger partial charge in [-0.1, -0.05) is 18.2 Å². The Kier molecular flexibility index (Phi) is 3.60. The van der Waals surface area contributed by atoms with E-state index in [1.54, 1.807) is 6.07 Å². The molecule has 0 saturated heterocycles. The number of rotatable bonds is 3. The summed E-state index contributed by atoms with van der Waals surface area (Å²) in [7, 11) is 1.94. The van der Waals surface area contributed by atoms with Crippen LogP contribution in [0.1, 0.15) is 5.69 Å². The standard InChI is InChI=1S/C15H13FIN3/c1-20-15-5-3-2-4-11(15)14(19-20)9-18-13-7-6-10(16)8-12(13)17/h2-8,18H,9H2,1H3. The maximum atomic E-state index is 13.1. The van der Waals surface area contributed by atoms with Gasteiger partial charge >= 0.3 is 0 Å². The largest absolute Gasteiger partial charge is 0.378 e. The number of aromatic nitrogens is 2. The maximum absolute atomic E-state index is 13.1. The van der Waals surface area contributed by atoms with Crippen molar-refractivity contribution in [3.8, 4) is 0 Å². The zero-order valence-corrected chi connectivity index (χ0v) is 13.1. The van der Waals surface area contributed by atoms with Gasteiger partial charge in [0.2, 0.25) is 0 Å². The highest BCUT2D eigenvalue weighted by atomic mass is 127. The van der Waals surface area contributed by atoms with Gasteiger partial charge in [0.25, 0.3) is 0 Å². The predicted molar refractivity (Wildman–Crippen MR) is 87.2 cm³/mol. The van der Waals surface area contributed by atoms with E-state index in [1.807, 2.05) is 29.9 Å². The molecule has 0 saturated carbocycles. The van der Waals surface area contributed by atoms with Crippen molar-refractivity contribution in [2.75, 3.05) is 5.32 Å². The molecule has 0 atom stereocenters. The van der Waals surface area contributed by atoms with Gasteiger partial charge in [-0.2, -0.15) is 5.10 Å². The summed E-state index contributed by atoms with van der Waals surface area (Å²) in [4.78, 5) is 0. The van der Waals surface area contributed by atoms with E-state index in [0.29, 0.717) is 6.54 Å². The van der Waals surface area contributed by atoms with Crippen molar-refractivity contribution in [1.29, 1.82) is 0 Å². The van der Waals surface area contributed by atoms with E-state index in [-0.39, 0.29) is 5.82 Å². The van der Waals surface area contributed by atoms with Crippen LogP contribution in [0.4, 0.5) is 10.1 Å². The second-order valence-corrected chi connectivity index (χ2v) is 5.73. The predicted octanol–water partition coefficient (Wildman–Crippen LogP) is 3.93. The fourth-order valence-corrected chi connectivity index (χ4v) is 2.90. The number of hydrogen-bond donors (Lipinski definition) is 1. The van der Waals surface area contributed by atoms with E-state index in [4.69, 9.17) is 0 Å². The molecule has 1 aromatic heterocycles. The highest BCUT2D eigenvalue weighted by molar-refractivity contribution is 14.1. The van der Waals surface area contributed by atoms with E-state index in [9.17, 15) is 4.39 Å². The van der Waals surface area contributed by atoms with Crippen LogP contribution in [0.5, 0.6) is 0 Å². The van der Waals surface area contributed by atoms with Crippen LogP contribution in [0.2, 0.25) is 0 Å². The van der Waals surface area contributed by atoms with E-state index >= 15 is 0 Å². The minimum absolute atomic E-state index is 0.219.